The Bertz CT molecular complexity index is 1190. The highest BCUT2D eigenvalue weighted by atomic mass is 16.6. The molecular formula is C22H22N4O6. The Morgan fingerprint density at radius 1 is 1.19 bits per heavy atom. The Morgan fingerprint density at radius 2 is 1.91 bits per heavy atom. The standard InChI is InChI=1S/C22H22N4O6/c1-3-32-21(28)18-19(14-8-4-6-10-16(14)26(29)30)25-17-11-7-5-9-15(17)23-22(25)24(20(18)27)12-13-31-2/h4-11,18-19H,3,12-13H2,1-2H3/t18-,19-/m0/s1. The lowest BCUT2D eigenvalue weighted by molar-refractivity contribution is -0.385. The number of nitro groups is 1. The van der Waals surface area contributed by atoms with Crippen LogP contribution in [-0.4, -0.2) is 53.2 Å². The Labute approximate surface area is 183 Å². The average Bonchev–Trinajstić information content (AvgIpc) is 3.17. The van der Waals surface area contributed by atoms with Gasteiger partial charge in [0.2, 0.25) is 11.9 Å². The molecule has 10 heteroatoms. The Balaban J connectivity index is 2.03. The van der Waals surface area contributed by atoms with Gasteiger partial charge in [-0.05, 0) is 19.1 Å². The molecule has 3 aromatic rings. The van der Waals surface area contributed by atoms with E-state index in [0.717, 1.165) is 0 Å². The normalized spacial score (nSPS) is 17.9. The summed E-state index contributed by atoms with van der Waals surface area (Å²) in [4.78, 5) is 44.0. The minimum Gasteiger partial charge on any atom is -0.465 e. The number of imidazole rings is 1. The van der Waals surface area contributed by atoms with Crippen molar-refractivity contribution in [2.75, 3.05) is 31.8 Å². The number of hydrogen-bond acceptors (Lipinski definition) is 7. The first-order valence-electron chi connectivity index (χ1n) is 10.2. The molecule has 0 spiro atoms. The second-order valence-electron chi connectivity index (χ2n) is 7.24. The first-order valence-corrected chi connectivity index (χ1v) is 10.2. The largest absolute Gasteiger partial charge is 0.465 e. The zero-order chi connectivity index (χ0) is 22.8. The maximum Gasteiger partial charge on any atom is 0.321 e. The molecule has 4 rings (SSSR count). The van der Waals surface area contributed by atoms with Crippen molar-refractivity contribution < 1.29 is 24.0 Å². The number of para-hydroxylation sites is 3. The van der Waals surface area contributed by atoms with Crippen LogP contribution in [0.4, 0.5) is 11.6 Å². The van der Waals surface area contributed by atoms with E-state index in [9.17, 15) is 19.7 Å². The summed E-state index contributed by atoms with van der Waals surface area (Å²) in [6.07, 6.45) is 0. The van der Waals surface area contributed by atoms with Crippen LogP contribution in [0.1, 0.15) is 18.5 Å². The van der Waals surface area contributed by atoms with Crippen LogP contribution in [0.2, 0.25) is 0 Å². The van der Waals surface area contributed by atoms with E-state index in [0.29, 0.717) is 17.0 Å². The number of aromatic nitrogens is 2. The summed E-state index contributed by atoms with van der Waals surface area (Å²) in [6.45, 7) is 2.10. The molecule has 2 heterocycles. The smallest absolute Gasteiger partial charge is 0.321 e. The summed E-state index contributed by atoms with van der Waals surface area (Å²) in [5, 5.41) is 11.8. The SMILES string of the molecule is CCOC(=O)[C@@H]1C(=O)N(CCOC)c2nc3ccccc3n2[C@H]1c1ccccc1[N+](=O)[O-]. The fraction of sp³-hybridized carbons (Fsp3) is 0.318. The molecule has 1 aromatic heterocycles. The highest BCUT2D eigenvalue weighted by molar-refractivity contribution is 6.08. The molecule has 0 radical (unpaired) electrons. The summed E-state index contributed by atoms with van der Waals surface area (Å²) in [7, 11) is 1.51. The van der Waals surface area contributed by atoms with Gasteiger partial charge in [0.15, 0.2) is 5.92 Å². The maximum atomic E-state index is 13.6. The number of anilines is 1. The predicted octanol–water partition coefficient (Wildman–Crippen LogP) is 2.71. The van der Waals surface area contributed by atoms with E-state index in [2.05, 4.69) is 4.98 Å². The van der Waals surface area contributed by atoms with Crippen molar-refractivity contribution in [2.24, 2.45) is 5.92 Å². The first-order chi connectivity index (χ1) is 15.5. The molecule has 10 nitrogen and oxygen atoms in total. The van der Waals surface area contributed by atoms with Crippen LogP contribution in [0.5, 0.6) is 0 Å². The lowest BCUT2D eigenvalue weighted by atomic mass is 9.88. The van der Waals surface area contributed by atoms with Crippen LogP contribution < -0.4 is 4.90 Å². The van der Waals surface area contributed by atoms with Gasteiger partial charge < -0.3 is 14.0 Å². The molecular weight excluding hydrogens is 416 g/mol. The molecule has 0 bridgehead atoms. The van der Waals surface area contributed by atoms with E-state index in [1.54, 1.807) is 41.8 Å². The third kappa shape index (κ3) is 3.48. The van der Waals surface area contributed by atoms with Gasteiger partial charge in [-0.25, -0.2) is 4.98 Å². The molecule has 2 atom stereocenters. The number of carbonyl (C=O) groups is 2. The number of carbonyl (C=O) groups excluding carboxylic acids is 2. The summed E-state index contributed by atoms with van der Waals surface area (Å²) in [6, 6.07) is 12.3. The van der Waals surface area contributed by atoms with Crippen molar-refractivity contribution in [3.8, 4) is 0 Å². The predicted molar refractivity (Wildman–Crippen MR) is 115 cm³/mol. The Kier molecular flexibility index (Phi) is 5.87. The number of ether oxygens (including phenoxy) is 2. The van der Waals surface area contributed by atoms with Crippen LogP contribution in [0.15, 0.2) is 48.5 Å². The summed E-state index contributed by atoms with van der Waals surface area (Å²) < 4.78 is 12.1. The summed E-state index contributed by atoms with van der Waals surface area (Å²) in [5.74, 6) is -2.30. The fourth-order valence-electron chi connectivity index (χ4n) is 4.12. The number of benzene rings is 2. The molecule has 166 valence electrons. The van der Waals surface area contributed by atoms with Gasteiger partial charge in [0.25, 0.3) is 5.69 Å². The quantitative estimate of drug-likeness (QED) is 0.241. The number of methoxy groups -OCH3 is 1. The second kappa shape index (κ2) is 8.75. The highest BCUT2D eigenvalue weighted by Crippen LogP contribution is 2.43. The zero-order valence-electron chi connectivity index (χ0n) is 17.6. The van der Waals surface area contributed by atoms with Gasteiger partial charge in [0.05, 0.1) is 47.3 Å². The number of esters is 1. The van der Waals surface area contributed by atoms with Gasteiger partial charge in [-0.1, -0.05) is 30.3 Å². The Hall–Kier alpha value is -3.79. The number of fused-ring (bicyclic) bond motifs is 3. The highest BCUT2D eigenvalue weighted by Gasteiger charge is 2.49. The van der Waals surface area contributed by atoms with Crippen molar-refractivity contribution in [3.05, 3.63) is 64.2 Å². The first kappa shape index (κ1) is 21.4. The van der Waals surface area contributed by atoms with Crippen LogP contribution in [0.25, 0.3) is 11.0 Å². The molecule has 1 amide bonds. The maximum absolute atomic E-state index is 13.6. The molecule has 1 aliphatic rings. The monoisotopic (exact) mass is 438 g/mol. The van der Waals surface area contributed by atoms with E-state index in [1.807, 2.05) is 12.1 Å². The van der Waals surface area contributed by atoms with Gasteiger partial charge in [-0.15, -0.1) is 0 Å². The minimum atomic E-state index is -1.32. The summed E-state index contributed by atoms with van der Waals surface area (Å²) >= 11 is 0. The van der Waals surface area contributed by atoms with E-state index in [4.69, 9.17) is 9.47 Å². The van der Waals surface area contributed by atoms with E-state index < -0.39 is 28.8 Å². The van der Waals surface area contributed by atoms with E-state index >= 15 is 0 Å². The van der Waals surface area contributed by atoms with Crippen molar-refractivity contribution in [3.63, 3.8) is 0 Å². The number of nitrogens with zero attached hydrogens (tertiary/aromatic N) is 4. The molecule has 0 N–H and O–H groups in total. The van der Waals surface area contributed by atoms with E-state index in [1.165, 1.54) is 18.1 Å². The van der Waals surface area contributed by atoms with Crippen molar-refractivity contribution in [2.45, 2.75) is 13.0 Å². The van der Waals surface area contributed by atoms with Crippen molar-refractivity contribution in [1.82, 2.24) is 9.55 Å². The van der Waals surface area contributed by atoms with Gasteiger partial charge in [-0.2, -0.15) is 0 Å². The van der Waals surface area contributed by atoms with Gasteiger partial charge in [0.1, 0.15) is 0 Å². The Morgan fingerprint density at radius 3 is 2.62 bits per heavy atom. The topological polar surface area (TPSA) is 117 Å². The van der Waals surface area contributed by atoms with E-state index in [-0.39, 0.29) is 31.0 Å². The molecule has 0 saturated heterocycles. The van der Waals surface area contributed by atoms with Gasteiger partial charge >= 0.3 is 5.97 Å². The lowest BCUT2D eigenvalue weighted by Gasteiger charge is -2.37. The molecule has 0 aliphatic carbocycles. The second-order valence-corrected chi connectivity index (χ2v) is 7.24. The third-order valence-electron chi connectivity index (χ3n) is 5.46. The van der Waals surface area contributed by atoms with Crippen LogP contribution in [0, 0.1) is 16.0 Å². The van der Waals surface area contributed by atoms with Crippen LogP contribution >= 0.6 is 0 Å². The number of amides is 1. The average molecular weight is 438 g/mol. The molecule has 1 aliphatic heterocycles. The molecule has 0 fully saturated rings. The summed E-state index contributed by atoms with van der Waals surface area (Å²) in [5.41, 5.74) is 1.30. The minimum absolute atomic E-state index is 0.0713. The van der Waals surface area contributed by atoms with Crippen molar-refractivity contribution in [1.29, 1.82) is 0 Å². The molecule has 32 heavy (non-hydrogen) atoms. The van der Waals surface area contributed by atoms with Crippen LogP contribution in [-0.2, 0) is 19.1 Å². The van der Waals surface area contributed by atoms with Crippen molar-refractivity contribution >= 4 is 34.5 Å². The third-order valence-corrected chi connectivity index (χ3v) is 5.46. The molecule has 2 aromatic carbocycles. The van der Waals surface area contributed by atoms with Crippen LogP contribution in [0.3, 0.4) is 0 Å². The molecule has 0 unspecified atom stereocenters. The van der Waals surface area contributed by atoms with Gasteiger partial charge in [-0.3, -0.25) is 24.6 Å². The fourth-order valence-corrected chi connectivity index (χ4v) is 4.12. The number of nitro benzene ring substituents is 1. The number of hydrogen-bond donors (Lipinski definition) is 0. The lowest BCUT2D eigenvalue weighted by Crippen LogP contribution is -2.51. The number of rotatable bonds is 7. The molecule has 0 saturated carbocycles. The van der Waals surface area contributed by atoms with Gasteiger partial charge in [0, 0.05) is 13.2 Å². The zero-order valence-corrected chi connectivity index (χ0v) is 17.6.